The zero-order valence-corrected chi connectivity index (χ0v) is 16.5. The van der Waals surface area contributed by atoms with Crippen LogP contribution in [-0.4, -0.2) is 26.6 Å². The fourth-order valence-corrected chi connectivity index (χ4v) is 3.25. The second-order valence-corrected chi connectivity index (χ2v) is 6.28. The topological polar surface area (TPSA) is 111 Å². The number of fused-ring (bicyclic) bond motifs is 1. The largest absolute Gasteiger partial charge is 0.480 e. The molecule has 2 aromatic carbocycles. The fraction of sp³-hybridized carbons (Fsp3) is 0.286. The van der Waals surface area contributed by atoms with Gasteiger partial charge in [0.1, 0.15) is 6.04 Å². The minimum atomic E-state index is -1.13. The summed E-state index contributed by atoms with van der Waals surface area (Å²) in [5, 5.41) is 21.3. The number of non-ortho nitro benzene ring substituents is 1. The van der Waals surface area contributed by atoms with Crippen LogP contribution < -0.4 is 5.73 Å². The molecule has 0 aliphatic carbocycles. The molecular weight excluding hydrogens is 358 g/mol. The molecule has 7 nitrogen and oxygen atoms in total. The van der Waals surface area contributed by atoms with Crippen molar-refractivity contribution in [3.05, 3.63) is 63.8 Å². The van der Waals surface area contributed by atoms with Crippen molar-refractivity contribution < 1.29 is 14.8 Å². The smallest absolute Gasteiger partial charge is 0.320 e. The highest BCUT2D eigenvalue weighted by molar-refractivity contribution is 5.97. The van der Waals surface area contributed by atoms with E-state index in [2.05, 4.69) is 0 Å². The Morgan fingerprint density at radius 2 is 1.82 bits per heavy atom. The van der Waals surface area contributed by atoms with Crippen LogP contribution in [0, 0.1) is 17.0 Å². The van der Waals surface area contributed by atoms with Crippen molar-refractivity contribution in [1.82, 2.24) is 4.57 Å². The molecule has 0 radical (unpaired) electrons. The number of aromatic nitrogens is 1. The number of nitro benzene ring substituents is 1. The normalized spacial score (nSPS) is 11.6. The van der Waals surface area contributed by atoms with Crippen LogP contribution in [0.1, 0.15) is 25.1 Å². The summed E-state index contributed by atoms with van der Waals surface area (Å²) in [5.74, 6) is -1.13. The molecule has 0 saturated carbocycles. The first kappa shape index (κ1) is 21.1. The van der Waals surface area contributed by atoms with Crippen LogP contribution in [0.15, 0.2) is 42.5 Å². The predicted octanol–water partition coefficient (Wildman–Crippen LogP) is 4.04. The summed E-state index contributed by atoms with van der Waals surface area (Å²) in [4.78, 5) is 22.5. The van der Waals surface area contributed by atoms with Gasteiger partial charge in [-0.15, -0.1) is 0 Å². The van der Waals surface area contributed by atoms with Gasteiger partial charge in [-0.2, -0.15) is 0 Å². The van der Waals surface area contributed by atoms with Gasteiger partial charge < -0.3 is 15.4 Å². The van der Waals surface area contributed by atoms with E-state index in [1.807, 2.05) is 68.8 Å². The zero-order valence-electron chi connectivity index (χ0n) is 16.5. The summed E-state index contributed by atoms with van der Waals surface area (Å²) in [5.41, 5.74) is 9.31. The summed E-state index contributed by atoms with van der Waals surface area (Å²) < 4.78 is 1.85. The number of nitrogens with two attached hydrogens (primary N) is 1. The average molecular weight is 383 g/mol. The summed E-state index contributed by atoms with van der Waals surface area (Å²) in [6, 6.07) is 11.7. The molecule has 1 unspecified atom stereocenters. The van der Waals surface area contributed by atoms with Gasteiger partial charge in [0.25, 0.3) is 5.69 Å². The number of hydrogen-bond donors (Lipinski definition) is 2. The van der Waals surface area contributed by atoms with Gasteiger partial charge in [0.05, 0.1) is 15.8 Å². The molecule has 3 aromatic rings. The van der Waals surface area contributed by atoms with Gasteiger partial charge in [-0.25, -0.2) is 0 Å². The molecule has 148 valence electrons. The van der Waals surface area contributed by atoms with Crippen LogP contribution in [0.2, 0.25) is 0 Å². The van der Waals surface area contributed by atoms with Crippen LogP contribution in [0.4, 0.5) is 5.69 Å². The molecule has 0 saturated heterocycles. The number of carboxylic acids is 1. The van der Waals surface area contributed by atoms with E-state index in [1.165, 1.54) is 6.07 Å². The maximum Gasteiger partial charge on any atom is 0.320 e. The third kappa shape index (κ3) is 3.89. The Hall–Kier alpha value is -3.19. The highest BCUT2D eigenvalue weighted by Gasteiger charge is 2.25. The number of nitro groups is 1. The van der Waals surface area contributed by atoms with Crippen molar-refractivity contribution in [2.45, 2.75) is 33.2 Å². The van der Waals surface area contributed by atoms with Crippen LogP contribution in [-0.2, 0) is 18.3 Å². The number of rotatable bonds is 5. The van der Waals surface area contributed by atoms with E-state index < -0.39 is 16.9 Å². The van der Waals surface area contributed by atoms with Gasteiger partial charge in [-0.05, 0) is 29.7 Å². The van der Waals surface area contributed by atoms with E-state index in [4.69, 9.17) is 10.8 Å². The number of hydrogen-bond acceptors (Lipinski definition) is 4. The minimum Gasteiger partial charge on any atom is -0.480 e. The third-order valence-corrected chi connectivity index (χ3v) is 4.74. The molecule has 3 N–H and O–H groups in total. The lowest BCUT2D eigenvalue weighted by Crippen LogP contribution is -2.32. The van der Waals surface area contributed by atoms with Crippen LogP contribution in [0.3, 0.4) is 0 Å². The quantitative estimate of drug-likeness (QED) is 0.510. The van der Waals surface area contributed by atoms with Gasteiger partial charge in [0.15, 0.2) is 0 Å². The molecule has 0 bridgehead atoms. The predicted molar refractivity (Wildman–Crippen MR) is 110 cm³/mol. The van der Waals surface area contributed by atoms with E-state index in [1.54, 1.807) is 0 Å². The molecule has 1 aromatic heterocycles. The molecule has 0 aliphatic rings. The van der Waals surface area contributed by atoms with Crippen molar-refractivity contribution in [2.75, 3.05) is 0 Å². The van der Waals surface area contributed by atoms with E-state index in [0.717, 1.165) is 16.8 Å². The number of benzene rings is 2. The van der Waals surface area contributed by atoms with Crippen LogP contribution >= 0.6 is 0 Å². The Balaban J connectivity index is 0.00000136. The molecule has 0 amide bonds. The zero-order chi connectivity index (χ0) is 21.0. The maximum atomic E-state index is 11.7. The van der Waals surface area contributed by atoms with Crippen LogP contribution in [0.5, 0.6) is 0 Å². The lowest BCUT2D eigenvalue weighted by molar-refractivity contribution is -0.383. The molecule has 3 rings (SSSR count). The minimum absolute atomic E-state index is 0.0318. The summed E-state index contributed by atoms with van der Waals surface area (Å²) in [7, 11) is 1.81. The summed E-state index contributed by atoms with van der Waals surface area (Å²) in [6.45, 7) is 5.82. The van der Waals surface area contributed by atoms with Crippen molar-refractivity contribution in [3.8, 4) is 11.1 Å². The Kier molecular flexibility index (Phi) is 6.53. The first-order valence-electron chi connectivity index (χ1n) is 9.11. The van der Waals surface area contributed by atoms with Gasteiger partial charge in [-0.3, -0.25) is 14.9 Å². The van der Waals surface area contributed by atoms with Gasteiger partial charge in [-0.1, -0.05) is 44.2 Å². The lowest BCUT2D eigenvalue weighted by Gasteiger charge is -2.08. The number of aryl methyl sites for hydroxylation is 1. The Morgan fingerprint density at radius 3 is 2.36 bits per heavy atom. The van der Waals surface area contributed by atoms with Gasteiger partial charge in [0.2, 0.25) is 0 Å². The van der Waals surface area contributed by atoms with E-state index >= 15 is 0 Å². The molecule has 7 heteroatoms. The second-order valence-electron chi connectivity index (χ2n) is 6.28. The molecule has 1 heterocycles. The maximum absolute atomic E-state index is 11.7. The van der Waals surface area contributed by atoms with Crippen LogP contribution in [0.25, 0.3) is 22.0 Å². The van der Waals surface area contributed by atoms with Crippen molar-refractivity contribution in [1.29, 1.82) is 0 Å². The van der Waals surface area contributed by atoms with E-state index in [0.29, 0.717) is 16.5 Å². The molecule has 0 fully saturated rings. The molecular formula is C21H25N3O4. The molecule has 28 heavy (non-hydrogen) atoms. The highest BCUT2D eigenvalue weighted by Crippen LogP contribution is 2.37. The number of carboxylic acid groups (broad SMARTS) is 1. The van der Waals surface area contributed by atoms with Crippen molar-refractivity contribution >= 4 is 22.6 Å². The highest BCUT2D eigenvalue weighted by atomic mass is 16.6. The standard InChI is InChI=1S/C19H19N3O4.C2H6/c1-11-14(10-15(20)19(23)24)18-16(21(11)2)8-13(9-17(18)22(25)26)12-6-4-3-5-7-12;1-2/h3-9,15H,10,20H2,1-2H3,(H,23,24);1-2H3. The van der Waals surface area contributed by atoms with E-state index in [-0.39, 0.29) is 12.1 Å². The first-order valence-corrected chi connectivity index (χ1v) is 9.11. The molecule has 0 spiro atoms. The Morgan fingerprint density at radius 1 is 1.21 bits per heavy atom. The number of aliphatic carboxylic acids is 1. The first-order chi connectivity index (χ1) is 13.3. The monoisotopic (exact) mass is 383 g/mol. The Bertz CT molecular complexity index is 1010. The van der Waals surface area contributed by atoms with Gasteiger partial charge in [0, 0.05) is 25.2 Å². The number of carbonyl (C=O) groups is 1. The van der Waals surface area contributed by atoms with Crippen molar-refractivity contribution in [3.63, 3.8) is 0 Å². The molecule has 0 aliphatic heterocycles. The van der Waals surface area contributed by atoms with E-state index in [9.17, 15) is 14.9 Å². The summed E-state index contributed by atoms with van der Waals surface area (Å²) in [6.07, 6.45) is 0.0318. The third-order valence-electron chi connectivity index (χ3n) is 4.74. The molecule has 1 atom stereocenters. The number of nitrogens with zero attached hydrogens (tertiary/aromatic N) is 2. The van der Waals surface area contributed by atoms with Crippen molar-refractivity contribution in [2.24, 2.45) is 12.8 Å². The fourth-order valence-electron chi connectivity index (χ4n) is 3.25. The SMILES string of the molecule is CC.Cc1c(CC(N)C(=O)O)c2c([N+](=O)[O-])cc(-c3ccccc3)cc2n1C. The average Bonchev–Trinajstić information content (AvgIpc) is 2.94. The lowest BCUT2D eigenvalue weighted by atomic mass is 9.98. The Labute approximate surface area is 163 Å². The summed E-state index contributed by atoms with van der Waals surface area (Å²) >= 11 is 0. The van der Waals surface area contributed by atoms with Gasteiger partial charge >= 0.3 is 5.97 Å². The second kappa shape index (κ2) is 8.67.